The van der Waals surface area contributed by atoms with Gasteiger partial charge in [-0.3, -0.25) is 4.79 Å². The third-order valence-corrected chi connectivity index (χ3v) is 2.56. The summed E-state index contributed by atoms with van der Waals surface area (Å²) < 4.78 is 0. The number of nitrogens with one attached hydrogen (secondary N) is 1. The molecule has 1 atom stereocenters. The summed E-state index contributed by atoms with van der Waals surface area (Å²) in [7, 11) is 0. The molecule has 7 heteroatoms. The highest BCUT2D eigenvalue weighted by Crippen LogP contribution is 2.14. The maximum atomic E-state index is 11.9. The van der Waals surface area contributed by atoms with Crippen LogP contribution in [0.15, 0.2) is 17.3 Å². The van der Waals surface area contributed by atoms with E-state index in [4.69, 9.17) is 9.94 Å². The van der Waals surface area contributed by atoms with Crippen molar-refractivity contribution in [3.63, 3.8) is 0 Å². The van der Waals surface area contributed by atoms with Gasteiger partial charge in [0.25, 0.3) is 5.91 Å². The summed E-state index contributed by atoms with van der Waals surface area (Å²) in [6.07, 6.45) is -0.972. The van der Waals surface area contributed by atoms with Crippen LogP contribution in [0.2, 0.25) is 0 Å². The molecule has 1 aromatic rings. The van der Waals surface area contributed by atoms with Gasteiger partial charge in [0, 0.05) is 12.1 Å². The van der Waals surface area contributed by atoms with E-state index in [1.807, 2.05) is 19.9 Å². The fourth-order valence-electron chi connectivity index (χ4n) is 1.76. The molecule has 0 saturated heterocycles. The SMILES string of the molecule is Cc1cc(C)nc(NC(=O)C2CC(C(=O)O)=NO2)c1. The van der Waals surface area contributed by atoms with Gasteiger partial charge >= 0.3 is 5.97 Å². The molecule has 1 aromatic heterocycles. The molecule has 0 radical (unpaired) electrons. The second kappa shape index (κ2) is 5.05. The maximum Gasteiger partial charge on any atom is 0.353 e. The molecule has 1 unspecified atom stereocenters. The van der Waals surface area contributed by atoms with Crippen LogP contribution in [0.1, 0.15) is 17.7 Å². The van der Waals surface area contributed by atoms with Crippen LogP contribution in [-0.4, -0.2) is 33.8 Å². The molecule has 2 heterocycles. The Hall–Kier alpha value is -2.44. The van der Waals surface area contributed by atoms with E-state index in [1.165, 1.54) is 0 Å². The van der Waals surface area contributed by atoms with Gasteiger partial charge in [-0.2, -0.15) is 0 Å². The number of aliphatic carboxylic acids is 1. The molecule has 0 aromatic carbocycles. The van der Waals surface area contributed by atoms with Gasteiger partial charge in [0.15, 0.2) is 5.71 Å². The Morgan fingerprint density at radius 2 is 2.16 bits per heavy atom. The lowest BCUT2D eigenvalue weighted by Crippen LogP contribution is -2.29. The van der Waals surface area contributed by atoms with Crippen LogP contribution in [0.4, 0.5) is 5.82 Å². The minimum atomic E-state index is -1.18. The van der Waals surface area contributed by atoms with Gasteiger partial charge in [0.1, 0.15) is 5.82 Å². The monoisotopic (exact) mass is 263 g/mol. The number of carboxylic acid groups (broad SMARTS) is 1. The molecule has 1 amide bonds. The Kier molecular flexibility index (Phi) is 3.46. The number of carboxylic acids is 1. The van der Waals surface area contributed by atoms with Crippen LogP contribution in [0.5, 0.6) is 0 Å². The predicted molar refractivity (Wildman–Crippen MR) is 66.9 cm³/mol. The molecule has 0 fully saturated rings. The van der Waals surface area contributed by atoms with Crippen molar-refractivity contribution in [1.82, 2.24) is 4.98 Å². The zero-order chi connectivity index (χ0) is 14.0. The number of hydrogen-bond donors (Lipinski definition) is 2. The highest BCUT2D eigenvalue weighted by Gasteiger charge is 2.31. The number of aryl methyl sites for hydroxylation is 2. The van der Waals surface area contributed by atoms with Gasteiger partial charge in [-0.15, -0.1) is 0 Å². The van der Waals surface area contributed by atoms with Crippen LogP contribution >= 0.6 is 0 Å². The molecule has 0 saturated carbocycles. The molecule has 0 bridgehead atoms. The van der Waals surface area contributed by atoms with E-state index < -0.39 is 18.0 Å². The Bertz CT molecular complexity index is 548. The van der Waals surface area contributed by atoms with Crippen molar-refractivity contribution >= 4 is 23.4 Å². The van der Waals surface area contributed by atoms with Crippen LogP contribution in [0.25, 0.3) is 0 Å². The first-order chi connectivity index (χ1) is 8.95. The maximum absolute atomic E-state index is 11.9. The smallest absolute Gasteiger partial charge is 0.353 e. The number of aromatic nitrogens is 1. The Morgan fingerprint density at radius 1 is 1.42 bits per heavy atom. The molecular formula is C12H13N3O4. The molecule has 2 N–H and O–H groups in total. The number of pyridine rings is 1. The van der Waals surface area contributed by atoms with Crippen molar-refractivity contribution in [3.8, 4) is 0 Å². The van der Waals surface area contributed by atoms with Crippen LogP contribution in [0, 0.1) is 13.8 Å². The normalized spacial score (nSPS) is 17.6. The molecular weight excluding hydrogens is 250 g/mol. The third kappa shape index (κ3) is 3.06. The minimum Gasteiger partial charge on any atom is -0.477 e. The average Bonchev–Trinajstić information content (AvgIpc) is 2.76. The quantitative estimate of drug-likeness (QED) is 0.842. The first-order valence-corrected chi connectivity index (χ1v) is 5.68. The number of rotatable bonds is 3. The molecule has 100 valence electrons. The standard InChI is InChI=1S/C12H13N3O4/c1-6-3-7(2)13-10(4-6)14-11(16)9-5-8(12(17)18)15-19-9/h3-4,9H,5H2,1-2H3,(H,17,18)(H,13,14,16). The number of oxime groups is 1. The first kappa shape index (κ1) is 13.0. The molecule has 1 aliphatic heterocycles. The first-order valence-electron chi connectivity index (χ1n) is 5.68. The number of nitrogens with zero attached hydrogens (tertiary/aromatic N) is 2. The topological polar surface area (TPSA) is 101 Å². The lowest BCUT2D eigenvalue weighted by atomic mass is 10.1. The highest BCUT2D eigenvalue weighted by atomic mass is 16.6. The molecule has 0 spiro atoms. The summed E-state index contributed by atoms with van der Waals surface area (Å²) in [5.41, 5.74) is 1.59. The number of carbonyl (C=O) groups is 2. The summed E-state index contributed by atoms with van der Waals surface area (Å²) in [6.45, 7) is 3.71. The molecule has 7 nitrogen and oxygen atoms in total. The number of anilines is 1. The lowest BCUT2D eigenvalue weighted by molar-refractivity contribution is -0.129. The van der Waals surface area contributed by atoms with Crippen molar-refractivity contribution in [2.24, 2.45) is 5.16 Å². The third-order valence-electron chi connectivity index (χ3n) is 2.56. The van der Waals surface area contributed by atoms with Crippen molar-refractivity contribution < 1.29 is 19.5 Å². The zero-order valence-corrected chi connectivity index (χ0v) is 10.5. The van der Waals surface area contributed by atoms with E-state index in [0.717, 1.165) is 11.3 Å². The van der Waals surface area contributed by atoms with E-state index in [2.05, 4.69) is 15.5 Å². The van der Waals surface area contributed by atoms with E-state index in [9.17, 15) is 9.59 Å². The van der Waals surface area contributed by atoms with Crippen LogP contribution < -0.4 is 5.32 Å². The summed E-state index contributed by atoms with van der Waals surface area (Å²) in [4.78, 5) is 31.5. The van der Waals surface area contributed by atoms with Crippen LogP contribution in [-0.2, 0) is 14.4 Å². The van der Waals surface area contributed by atoms with Gasteiger partial charge in [0.05, 0.1) is 0 Å². The average molecular weight is 263 g/mol. The van der Waals surface area contributed by atoms with Crippen molar-refractivity contribution in [3.05, 3.63) is 23.4 Å². The fraction of sp³-hybridized carbons (Fsp3) is 0.333. The predicted octanol–water partition coefficient (Wildman–Crippen LogP) is 0.866. The number of amides is 1. The second-order valence-corrected chi connectivity index (χ2v) is 4.30. The Labute approximate surface area is 109 Å². The second-order valence-electron chi connectivity index (χ2n) is 4.30. The molecule has 0 aliphatic carbocycles. The summed E-state index contributed by atoms with van der Waals surface area (Å²) in [6, 6.07) is 3.60. The Morgan fingerprint density at radius 3 is 2.74 bits per heavy atom. The summed E-state index contributed by atoms with van der Waals surface area (Å²) in [5, 5.41) is 14.7. The van der Waals surface area contributed by atoms with E-state index in [-0.39, 0.29) is 12.1 Å². The Balaban J connectivity index is 2.01. The zero-order valence-electron chi connectivity index (χ0n) is 10.5. The largest absolute Gasteiger partial charge is 0.477 e. The van der Waals surface area contributed by atoms with E-state index >= 15 is 0 Å². The summed E-state index contributed by atoms with van der Waals surface area (Å²) in [5.74, 6) is -1.23. The van der Waals surface area contributed by atoms with Gasteiger partial charge in [-0.1, -0.05) is 5.16 Å². The van der Waals surface area contributed by atoms with Gasteiger partial charge in [-0.25, -0.2) is 9.78 Å². The van der Waals surface area contributed by atoms with E-state index in [0.29, 0.717) is 5.82 Å². The number of carbonyl (C=O) groups excluding carboxylic acids is 1. The number of hydrogen-bond acceptors (Lipinski definition) is 5. The minimum absolute atomic E-state index is 0.0496. The van der Waals surface area contributed by atoms with E-state index in [1.54, 1.807) is 6.07 Å². The van der Waals surface area contributed by atoms with Gasteiger partial charge in [0.2, 0.25) is 6.10 Å². The molecule has 1 aliphatic rings. The van der Waals surface area contributed by atoms with Gasteiger partial charge in [-0.05, 0) is 31.5 Å². The summed E-state index contributed by atoms with van der Waals surface area (Å²) >= 11 is 0. The molecule has 2 rings (SSSR count). The lowest BCUT2D eigenvalue weighted by Gasteiger charge is -2.09. The van der Waals surface area contributed by atoms with Crippen molar-refractivity contribution in [2.45, 2.75) is 26.4 Å². The van der Waals surface area contributed by atoms with Crippen LogP contribution in [0.3, 0.4) is 0 Å². The van der Waals surface area contributed by atoms with Crippen molar-refractivity contribution in [2.75, 3.05) is 5.32 Å². The van der Waals surface area contributed by atoms with Crippen molar-refractivity contribution in [1.29, 1.82) is 0 Å². The molecule has 19 heavy (non-hydrogen) atoms. The fourth-order valence-corrected chi connectivity index (χ4v) is 1.76. The highest BCUT2D eigenvalue weighted by molar-refractivity contribution is 6.36. The van der Waals surface area contributed by atoms with Gasteiger partial charge < -0.3 is 15.3 Å².